The topological polar surface area (TPSA) is 76.0 Å². The summed E-state index contributed by atoms with van der Waals surface area (Å²) in [5.74, 6) is -1.42. The lowest BCUT2D eigenvalue weighted by Crippen LogP contribution is -2.51. The predicted octanol–water partition coefficient (Wildman–Crippen LogP) is 1.05. The van der Waals surface area contributed by atoms with Gasteiger partial charge in [-0.2, -0.15) is 0 Å². The molecule has 1 aliphatic heterocycles. The lowest BCUT2D eigenvalue weighted by Gasteiger charge is -2.37. The molecule has 5 heteroatoms. The van der Waals surface area contributed by atoms with Crippen LogP contribution in [0.2, 0.25) is 0 Å². The minimum absolute atomic E-state index is 0.0131. The van der Waals surface area contributed by atoms with Crippen molar-refractivity contribution in [3.05, 3.63) is 35.9 Å². The van der Waals surface area contributed by atoms with Crippen molar-refractivity contribution in [2.75, 3.05) is 6.61 Å². The van der Waals surface area contributed by atoms with Crippen LogP contribution in [0, 0.1) is 5.92 Å². The quantitative estimate of drug-likeness (QED) is 0.852. The largest absolute Gasteiger partial charge is 0.479 e. The molecule has 0 bridgehead atoms. The van der Waals surface area contributed by atoms with Gasteiger partial charge in [0.25, 0.3) is 0 Å². The molecule has 2 unspecified atom stereocenters. The first-order valence-corrected chi connectivity index (χ1v) is 6.27. The Hall–Kier alpha value is -1.43. The average molecular weight is 266 g/mol. The van der Waals surface area contributed by atoms with Crippen molar-refractivity contribution in [2.45, 2.75) is 31.8 Å². The molecule has 1 aromatic rings. The fourth-order valence-corrected chi connectivity index (χ4v) is 2.30. The van der Waals surface area contributed by atoms with Crippen molar-refractivity contribution < 1.29 is 24.5 Å². The van der Waals surface area contributed by atoms with Gasteiger partial charge in [0.05, 0.1) is 19.3 Å². The summed E-state index contributed by atoms with van der Waals surface area (Å²) in [6.07, 6.45) is -2.26. The molecule has 104 valence electrons. The maximum atomic E-state index is 11.0. The van der Waals surface area contributed by atoms with Crippen LogP contribution >= 0.6 is 0 Å². The molecule has 0 amide bonds. The summed E-state index contributed by atoms with van der Waals surface area (Å²) in [4.78, 5) is 11.0. The van der Waals surface area contributed by atoms with E-state index in [-0.39, 0.29) is 6.61 Å². The van der Waals surface area contributed by atoms with E-state index in [2.05, 4.69) is 0 Å². The molecule has 1 saturated heterocycles. The number of ether oxygens (including phenoxy) is 2. The van der Waals surface area contributed by atoms with E-state index in [9.17, 15) is 9.90 Å². The molecular weight excluding hydrogens is 248 g/mol. The molecular formula is C14H18O5. The van der Waals surface area contributed by atoms with Crippen LogP contribution in [0.25, 0.3) is 0 Å². The number of aliphatic carboxylic acids is 1. The van der Waals surface area contributed by atoms with Crippen LogP contribution in [-0.2, 0) is 20.9 Å². The van der Waals surface area contributed by atoms with E-state index in [1.807, 2.05) is 30.3 Å². The van der Waals surface area contributed by atoms with Crippen LogP contribution in [0.5, 0.6) is 0 Å². The molecule has 0 aromatic heterocycles. The minimum Gasteiger partial charge on any atom is -0.479 e. The fraction of sp³-hybridized carbons (Fsp3) is 0.500. The number of carboxylic acid groups (broad SMARTS) is 1. The van der Waals surface area contributed by atoms with E-state index >= 15 is 0 Å². The Morgan fingerprint density at radius 1 is 1.42 bits per heavy atom. The predicted molar refractivity (Wildman–Crippen MR) is 67.6 cm³/mol. The van der Waals surface area contributed by atoms with Gasteiger partial charge in [0.2, 0.25) is 0 Å². The van der Waals surface area contributed by atoms with Crippen molar-refractivity contribution >= 4 is 5.97 Å². The second-order valence-electron chi connectivity index (χ2n) is 4.78. The van der Waals surface area contributed by atoms with Crippen LogP contribution in [0.3, 0.4) is 0 Å². The van der Waals surface area contributed by atoms with Crippen LogP contribution in [0.4, 0.5) is 0 Å². The van der Waals surface area contributed by atoms with Gasteiger partial charge >= 0.3 is 5.97 Å². The van der Waals surface area contributed by atoms with E-state index in [0.717, 1.165) is 5.56 Å². The third-order valence-corrected chi connectivity index (χ3v) is 3.35. The SMILES string of the molecule is C[C@@H]1C(C(=O)O)OCC(O)[C@@H]1OCc1ccccc1. The van der Waals surface area contributed by atoms with Gasteiger partial charge in [-0.3, -0.25) is 0 Å². The second kappa shape index (κ2) is 6.14. The Balaban J connectivity index is 1.99. The fourth-order valence-electron chi connectivity index (χ4n) is 2.30. The monoisotopic (exact) mass is 266 g/mol. The molecule has 0 spiro atoms. The zero-order valence-corrected chi connectivity index (χ0v) is 10.7. The maximum absolute atomic E-state index is 11.0. The summed E-state index contributed by atoms with van der Waals surface area (Å²) < 4.78 is 10.8. The van der Waals surface area contributed by atoms with Gasteiger partial charge in [0.1, 0.15) is 6.10 Å². The summed E-state index contributed by atoms with van der Waals surface area (Å²) in [5.41, 5.74) is 0.986. The molecule has 1 heterocycles. The van der Waals surface area contributed by atoms with Gasteiger partial charge < -0.3 is 19.7 Å². The maximum Gasteiger partial charge on any atom is 0.333 e. The molecule has 1 fully saturated rings. The van der Waals surface area contributed by atoms with Gasteiger partial charge in [-0.1, -0.05) is 37.3 Å². The van der Waals surface area contributed by atoms with E-state index in [1.165, 1.54) is 0 Å². The highest BCUT2D eigenvalue weighted by Crippen LogP contribution is 2.25. The van der Waals surface area contributed by atoms with Crippen molar-refractivity contribution in [2.24, 2.45) is 5.92 Å². The summed E-state index contributed by atoms with van der Waals surface area (Å²) in [5, 5.41) is 18.9. The Kier molecular flexibility index (Phi) is 4.52. The molecule has 0 radical (unpaired) electrons. The van der Waals surface area contributed by atoms with Gasteiger partial charge in [-0.05, 0) is 5.56 Å². The molecule has 1 aromatic carbocycles. The van der Waals surface area contributed by atoms with E-state index in [1.54, 1.807) is 6.92 Å². The highest BCUT2D eigenvalue weighted by atomic mass is 16.5. The standard InChI is InChI=1S/C14H18O5/c1-9-12(11(15)8-19-13(9)14(16)17)18-7-10-5-3-2-4-6-10/h2-6,9,11-13,15H,7-8H2,1H3,(H,16,17)/t9-,11?,12+,13?/m0/s1. The Morgan fingerprint density at radius 2 is 2.11 bits per heavy atom. The first-order valence-electron chi connectivity index (χ1n) is 6.27. The lowest BCUT2D eigenvalue weighted by molar-refractivity contribution is -0.194. The molecule has 0 saturated carbocycles. The van der Waals surface area contributed by atoms with E-state index < -0.39 is 30.2 Å². The number of rotatable bonds is 4. The summed E-state index contributed by atoms with van der Waals surface area (Å²) in [6, 6.07) is 9.57. The van der Waals surface area contributed by atoms with E-state index in [4.69, 9.17) is 14.6 Å². The smallest absolute Gasteiger partial charge is 0.333 e. The van der Waals surface area contributed by atoms with Gasteiger partial charge in [0.15, 0.2) is 6.10 Å². The molecule has 1 aliphatic rings. The first kappa shape index (κ1) is 14.0. The number of carboxylic acids is 1. The average Bonchev–Trinajstić information content (AvgIpc) is 2.39. The Bertz CT molecular complexity index is 419. The highest BCUT2D eigenvalue weighted by molar-refractivity contribution is 5.72. The molecule has 19 heavy (non-hydrogen) atoms. The number of carbonyl (C=O) groups is 1. The Labute approximate surface area is 111 Å². The van der Waals surface area contributed by atoms with Crippen molar-refractivity contribution in [3.63, 3.8) is 0 Å². The van der Waals surface area contributed by atoms with Gasteiger partial charge in [0, 0.05) is 5.92 Å². The normalized spacial score (nSPS) is 31.1. The first-order chi connectivity index (χ1) is 9.09. The van der Waals surface area contributed by atoms with Crippen LogP contribution in [-0.4, -0.2) is 41.1 Å². The number of aliphatic hydroxyl groups is 1. The summed E-state index contributed by atoms with van der Waals surface area (Å²) in [6.45, 7) is 2.05. The molecule has 0 aliphatic carbocycles. The zero-order chi connectivity index (χ0) is 13.8. The van der Waals surface area contributed by atoms with E-state index in [0.29, 0.717) is 6.61 Å². The molecule has 2 N–H and O–H groups in total. The van der Waals surface area contributed by atoms with Crippen molar-refractivity contribution in [1.29, 1.82) is 0 Å². The minimum atomic E-state index is -1.02. The lowest BCUT2D eigenvalue weighted by atomic mass is 9.91. The molecule has 5 nitrogen and oxygen atoms in total. The highest BCUT2D eigenvalue weighted by Gasteiger charge is 2.41. The van der Waals surface area contributed by atoms with Crippen molar-refractivity contribution in [1.82, 2.24) is 0 Å². The van der Waals surface area contributed by atoms with Crippen LogP contribution < -0.4 is 0 Å². The van der Waals surface area contributed by atoms with Gasteiger partial charge in [-0.25, -0.2) is 4.79 Å². The zero-order valence-electron chi connectivity index (χ0n) is 10.7. The van der Waals surface area contributed by atoms with Crippen LogP contribution in [0.1, 0.15) is 12.5 Å². The Morgan fingerprint density at radius 3 is 2.74 bits per heavy atom. The number of hydrogen-bond acceptors (Lipinski definition) is 4. The molecule has 2 rings (SSSR count). The number of benzene rings is 1. The number of hydrogen-bond donors (Lipinski definition) is 2. The summed E-state index contributed by atoms with van der Waals surface area (Å²) in [7, 11) is 0. The second-order valence-corrected chi connectivity index (χ2v) is 4.78. The summed E-state index contributed by atoms with van der Waals surface area (Å²) >= 11 is 0. The third kappa shape index (κ3) is 3.32. The number of aliphatic hydroxyl groups excluding tert-OH is 1. The third-order valence-electron chi connectivity index (χ3n) is 3.35. The molecule has 4 atom stereocenters. The van der Waals surface area contributed by atoms with Crippen LogP contribution in [0.15, 0.2) is 30.3 Å². The van der Waals surface area contributed by atoms with Crippen molar-refractivity contribution in [3.8, 4) is 0 Å². The van der Waals surface area contributed by atoms with Gasteiger partial charge in [-0.15, -0.1) is 0 Å².